The Morgan fingerprint density at radius 3 is 2.85 bits per heavy atom. The number of hydrogen-bond donors (Lipinski definition) is 0. The molecule has 1 heterocycles. The lowest BCUT2D eigenvalue weighted by Crippen LogP contribution is -2.55. The van der Waals surface area contributed by atoms with Gasteiger partial charge in [-0.3, -0.25) is 4.90 Å². The smallest absolute Gasteiger partial charge is 0.0809 e. The van der Waals surface area contributed by atoms with E-state index in [9.17, 15) is 0 Å². The van der Waals surface area contributed by atoms with Crippen LogP contribution in [-0.4, -0.2) is 41.2 Å². The summed E-state index contributed by atoms with van der Waals surface area (Å²) >= 11 is 2.46. The maximum Gasteiger partial charge on any atom is 0.0809 e. The van der Waals surface area contributed by atoms with Crippen LogP contribution in [0.5, 0.6) is 0 Å². The van der Waals surface area contributed by atoms with Crippen molar-refractivity contribution >= 4 is 22.6 Å². The Morgan fingerprint density at radius 1 is 1.38 bits per heavy atom. The summed E-state index contributed by atoms with van der Waals surface area (Å²) in [6, 6.07) is 0. The van der Waals surface area contributed by atoms with Crippen molar-refractivity contribution in [2.45, 2.75) is 31.3 Å². The van der Waals surface area contributed by atoms with Crippen LogP contribution in [0.2, 0.25) is 0 Å². The Kier molecular flexibility index (Phi) is 3.48. The molecule has 1 spiro atoms. The van der Waals surface area contributed by atoms with Crippen LogP contribution in [0.1, 0.15) is 25.7 Å². The van der Waals surface area contributed by atoms with E-state index >= 15 is 0 Å². The SMILES string of the molecule is ICCCN1CCOC2(CCC2)C1. The van der Waals surface area contributed by atoms with Gasteiger partial charge in [-0.1, -0.05) is 22.6 Å². The molecule has 2 fully saturated rings. The van der Waals surface area contributed by atoms with Crippen LogP contribution in [0.25, 0.3) is 0 Å². The standard InChI is InChI=1S/C10H18INO/c11-5-2-6-12-7-8-13-10(9-12)3-1-4-10/h1-9H2. The largest absolute Gasteiger partial charge is 0.372 e. The normalized spacial score (nSPS) is 27.5. The first-order valence-corrected chi connectivity index (χ1v) is 6.79. The van der Waals surface area contributed by atoms with Gasteiger partial charge in [0.25, 0.3) is 0 Å². The average Bonchev–Trinajstić information content (AvgIpc) is 2.13. The molecule has 2 nitrogen and oxygen atoms in total. The molecule has 1 aliphatic carbocycles. The fourth-order valence-electron chi connectivity index (χ4n) is 2.27. The topological polar surface area (TPSA) is 12.5 Å². The van der Waals surface area contributed by atoms with Gasteiger partial charge in [-0.2, -0.15) is 0 Å². The molecule has 2 aliphatic rings. The van der Waals surface area contributed by atoms with Gasteiger partial charge in [-0.15, -0.1) is 0 Å². The third kappa shape index (κ3) is 2.36. The monoisotopic (exact) mass is 295 g/mol. The third-order valence-electron chi connectivity index (χ3n) is 3.20. The molecule has 13 heavy (non-hydrogen) atoms. The highest BCUT2D eigenvalue weighted by Gasteiger charge is 2.41. The maximum absolute atomic E-state index is 5.87. The average molecular weight is 295 g/mol. The van der Waals surface area contributed by atoms with Crippen molar-refractivity contribution in [3.05, 3.63) is 0 Å². The Balaban J connectivity index is 1.78. The number of nitrogens with zero attached hydrogens (tertiary/aromatic N) is 1. The molecule has 0 unspecified atom stereocenters. The summed E-state index contributed by atoms with van der Waals surface area (Å²) in [7, 11) is 0. The molecule has 0 atom stereocenters. The molecule has 0 aromatic heterocycles. The highest BCUT2D eigenvalue weighted by atomic mass is 127. The van der Waals surface area contributed by atoms with E-state index < -0.39 is 0 Å². The van der Waals surface area contributed by atoms with E-state index in [4.69, 9.17) is 4.74 Å². The molecule has 0 amide bonds. The third-order valence-corrected chi connectivity index (χ3v) is 3.96. The number of rotatable bonds is 3. The van der Waals surface area contributed by atoms with Crippen molar-refractivity contribution in [1.29, 1.82) is 0 Å². The number of ether oxygens (including phenoxy) is 1. The number of morpholine rings is 1. The molecule has 1 saturated heterocycles. The van der Waals surface area contributed by atoms with Crippen LogP contribution in [0.4, 0.5) is 0 Å². The molecule has 3 heteroatoms. The first-order valence-electron chi connectivity index (χ1n) is 5.27. The summed E-state index contributed by atoms with van der Waals surface area (Å²) in [4.78, 5) is 2.58. The van der Waals surface area contributed by atoms with Gasteiger partial charge in [0.2, 0.25) is 0 Å². The maximum atomic E-state index is 5.87. The van der Waals surface area contributed by atoms with Crippen LogP contribution in [0.15, 0.2) is 0 Å². The minimum absolute atomic E-state index is 0.295. The van der Waals surface area contributed by atoms with Gasteiger partial charge in [-0.25, -0.2) is 0 Å². The molecule has 2 rings (SSSR count). The lowest BCUT2D eigenvalue weighted by atomic mass is 9.79. The molecule has 0 aromatic carbocycles. The van der Waals surface area contributed by atoms with Crippen LogP contribution in [0, 0.1) is 0 Å². The number of hydrogen-bond acceptors (Lipinski definition) is 2. The fraction of sp³-hybridized carbons (Fsp3) is 1.00. The highest BCUT2D eigenvalue weighted by molar-refractivity contribution is 14.1. The summed E-state index contributed by atoms with van der Waals surface area (Å²) in [5.41, 5.74) is 0.295. The van der Waals surface area contributed by atoms with Crippen LogP contribution >= 0.6 is 22.6 Å². The molecule has 0 N–H and O–H groups in total. The van der Waals surface area contributed by atoms with E-state index in [-0.39, 0.29) is 0 Å². The van der Waals surface area contributed by atoms with Crippen molar-refractivity contribution in [3.63, 3.8) is 0 Å². The van der Waals surface area contributed by atoms with Crippen LogP contribution in [0.3, 0.4) is 0 Å². The van der Waals surface area contributed by atoms with Gasteiger partial charge in [-0.05, 0) is 32.2 Å². The second-order valence-corrected chi connectivity index (χ2v) is 5.28. The second kappa shape index (κ2) is 4.45. The lowest BCUT2D eigenvalue weighted by molar-refractivity contribution is -0.150. The molecule has 0 bridgehead atoms. The summed E-state index contributed by atoms with van der Waals surface area (Å²) in [5.74, 6) is 0. The molecular formula is C10H18INO. The first-order chi connectivity index (χ1) is 6.35. The quantitative estimate of drug-likeness (QED) is 0.584. The van der Waals surface area contributed by atoms with E-state index in [2.05, 4.69) is 27.5 Å². The lowest BCUT2D eigenvalue weighted by Gasteiger charge is -2.48. The number of alkyl halides is 1. The van der Waals surface area contributed by atoms with Crippen LogP contribution in [-0.2, 0) is 4.74 Å². The van der Waals surface area contributed by atoms with Crippen molar-refractivity contribution in [1.82, 2.24) is 4.90 Å². The predicted octanol–water partition coefficient (Wildman–Crippen LogP) is 2.07. The molecule has 0 aromatic rings. The fourth-order valence-corrected chi connectivity index (χ4v) is 2.61. The molecule has 0 radical (unpaired) electrons. The van der Waals surface area contributed by atoms with Gasteiger partial charge in [0.05, 0.1) is 12.2 Å². The van der Waals surface area contributed by atoms with E-state index in [0.29, 0.717) is 5.60 Å². The zero-order chi connectivity index (χ0) is 9.15. The minimum Gasteiger partial charge on any atom is -0.372 e. The van der Waals surface area contributed by atoms with Gasteiger partial charge in [0.15, 0.2) is 0 Å². The Labute approximate surface area is 94.1 Å². The van der Waals surface area contributed by atoms with Gasteiger partial charge >= 0.3 is 0 Å². The van der Waals surface area contributed by atoms with Crippen molar-refractivity contribution < 1.29 is 4.74 Å². The molecule has 1 aliphatic heterocycles. The highest BCUT2D eigenvalue weighted by Crippen LogP contribution is 2.37. The Morgan fingerprint density at radius 2 is 2.23 bits per heavy atom. The zero-order valence-electron chi connectivity index (χ0n) is 8.10. The van der Waals surface area contributed by atoms with E-state index in [0.717, 1.165) is 13.2 Å². The zero-order valence-corrected chi connectivity index (χ0v) is 10.3. The van der Waals surface area contributed by atoms with E-state index in [1.165, 1.54) is 43.2 Å². The summed E-state index contributed by atoms with van der Waals surface area (Å²) in [6.45, 7) is 4.58. The Bertz CT molecular complexity index is 170. The predicted molar refractivity (Wildman–Crippen MR) is 62.5 cm³/mol. The van der Waals surface area contributed by atoms with Gasteiger partial charge in [0, 0.05) is 17.5 Å². The molecule has 1 saturated carbocycles. The number of halogens is 1. The molecule has 76 valence electrons. The van der Waals surface area contributed by atoms with Crippen molar-refractivity contribution in [2.24, 2.45) is 0 Å². The summed E-state index contributed by atoms with van der Waals surface area (Å²) in [5, 5.41) is 0. The van der Waals surface area contributed by atoms with Crippen molar-refractivity contribution in [3.8, 4) is 0 Å². The minimum atomic E-state index is 0.295. The van der Waals surface area contributed by atoms with Crippen LogP contribution < -0.4 is 0 Å². The summed E-state index contributed by atoms with van der Waals surface area (Å²) in [6.07, 6.45) is 5.30. The van der Waals surface area contributed by atoms with E-state index in [1.54, 1.807) is 0 Å². The second-order valence-electron chi connectivity index (χ2n) is 4.20. The summed E-state index contributed by atoms with van der Waals surface area (Å²) < 4.78 is 7.15. The van der Waals surface area contributed by atoms with Gasteiger partial charge < -0.3 is 4.74 Å². The van der Waals surface area contributed by atoms with E-state index in [1.807, 2.05) is 0 Å². The molecular weight excluding hydrogens is 277 g/mol. The first kappa shape index (κ1) is 10.2. The van der Waals surface area contributed by atoms with Crippen molar-refractivity contribution in [2.75, 3.05) is 30.7 Å². The Hall–Kier alpha value is 0.650. The van der Waals surface area contributed by atoms with Gasteiger partial charge in [0.1, 0.15) is 0 Å².